The van der Waals surface area contributed by atoms with Crippen molar-refractivity contribution in [2.24, 2.45) is 0 Å². The lowest BCUT2D eigenvalue weighted by atomic mass is 10.2. The standard InChI is InChI=1S/C14H18FN3O3.ClH/c15-11-3-1-10(2-4-11)13(19)17-5-6-18-14(20)12-9-21-8-7-16-12;/h1-4,12,16H,5-9H2,(H,17,19)(H,18,20);1H. The number of morpholine rings is 1. The van der Waals surface area contributed by atoms with Gasteiger partial charge in [0.25, 0.3) is 5.91 Å². The summed E-state index contributed by atoms with van der Waals surface area (Å²) in [6.07, 6.45) is 0. The lowest BCUT2D eigenvalue weighted by Gasteiger charge is -2.22. The number of carbonyl (C=O) groups excluding carboxylic acids is 2. The molecular formula is C14H19ClFN3O3. The number of hydrogen-bond donors (Lipinski definition) is 3. The second-order valence-electron chi connectivity index (χ2n) is 4.64. The van der Waals surface area contributed by atoms with E-state index in [4.69, 9.17) is 4.74 Å². The topological polar surface area (TPSA) is 79.5 Å². The molecule has 1 atom stereocenters. The van der Waals surface area contributed by atoms with Gasteiger partial charge in [0.15, 0.2) is 0 Å². The van der Waals surface area contributed by atoms with Crippen molar-refractivity contribution in [2.45, 2.75) is 6.04 Å². The van der Waals surface area contributed by atoms with Gasteiger partial charge in [0.1, 0.15) is 11.9 Å². The van der Waals surface area contributed by atoms with E-state index in [2.05, 4.69) is 16.0 Å². The van der Waals surface area contributed by atoms with Gasteiger partial charge in [0.05, 0.1) is 13.2 Å². The molecule has 22 heavy (non-hydrogen) atoms. The van der Waals surface area contributed by atoms with Crippen LogP contribution in [0.2, 0.25) is 0 Å². The molecule has 6 nitrogen and oxygen atoms in total. The Kier molecular flexibility index (Phi) is 7.79. The van der Waals surface area contributed by atoms with Crippen molar-refractivity contribution in [2.75, 3.05) is 32.8 Å². The molecule has 0 saturated carbocycles. The maximum absolute atomic E-state index is 12.7. The van der Waals surface area contributed by atoms with Crippen molar-refractivity contribution in [1.29, 1.82) is 0 Å². The Labute approximate surface area is 134 Å². The van der Waals surface area contributed by atoms with E-state index in [1.807, 2.05) is 0 Å². The van der Waals surface area contributed by atoms with Gasteiger partial charge in [0.2, 0.25) is 5.91 Å². The van der Waals surface area contributed by atoms with E-state index < -0.39 is 0 Å². The molecule has 1 fully saturated rings. The third-order valence-corrected chi connectivity index (χ3v) is 3.05. The van der Waals surface area contributed by atoms with Crippen molar-refractivity contribution in [3.8, 4) is 0 Å². The number of halogens is 2. The largest absolute Gasteiger partial charge is 0.378 e. The van der Waals surface area contributed by atoms with Crippen molar-refractivity contribution >= 4 is 24.2 Å². The first kappa shape index (κ1) is 18.3. The highest BCUT2D eigenvalue weighted by Crippen LogP contribution is 2.02. The molecule has 1 unspecified atom stereocenters. The fourth-order valence-corrected chi connectivity index (χ4v) is 1.92. The van der Waals surface area contributed by atoms with Crippen LogP contribution >= 0.6 is 12.4 Å². The van der Waals surface area contributed by atoms with Crippen LogP contribution in [-0.4, -0.2) is 50.7 Å². The third-order valence-electron chi connectivity index (χ3n) is 3.05. The average Bonchev–Trinajstić information content (AvgIpc) is 2.52. The number of benzene rings is 1. The van der Waals surface area contributed by atoms with Crippen LogP contribution < -0.4 is 16.0 Å². The Morgan fingerprint density at radius 3 is 2.55 bits per heavy atom. The number of amides is 2. The number of rotatable bonds is 5. The molecule has 1 aliphatic heterocycles. The van der Waals surface area contributed by atoms with Crippen molar-refractivity contribution in [1.82, 2.24) is 16.0 Å². The minimum absolute atomic E-state index is 0. The van der Waals surface area contributed by atoms with E-state index in [1.165, 1.54) is 24.3 Å². The molecule has 122 valence electrons. The Bertz CT molecular complexity index is 493. The highest BCUT2D eigenvalue weighted by Gasteiger charge is 2.20. The first-order valence-electron chi connectivity index (χ1n) is 6.79. The summed E-state index contributed by atoms with van der Waals surface area (Å²) in [5, 5.41) is 8.40. The summed E-state index contributed by atoms with van der Waals surface area (Å²) in [4.78, 5) is 23.5. The number of hydrogen-bond acceptors (Lipinski definition) is 4. The minimum Gasteiger partial charge on any atom is -0.378 e. The zero-order valence-electron chi connectivity index (χ0n) is 11.9. The van der Waals surface area contributed by atoms with Crippen molar-refractivity contribution < 1.29 is 18.7 Å². The summed E-state index contributed by atoms with van der Waals surface area (Å²) in [7, 11) is 0. The van der Waals surface area contributed by atoms with E-state index in [9.17, 15) is 14.0 Å². The Balaban J connectivity index is 0.00000242. The van der Waals surface area contributed by atoms with Gasteiger partial charge in [-0.05, 0) is 24.3 Å². The lowest BCUT2D eigenvalue weighted by molar-refractivity contribution is -0.125. The van der Waals surface area contributed by atoms with Crippen LogP contribution in [0.4, 0.5) is 4.39 Å². The third kappa shape index (κ3) is 5.59. The van der Waals surface area contributed by atoms with Crippen LogP contribution in [-0.2, 0) is 9.53 Å². The van der Waals surface area contributed by atoms with Gasteiger partial charge < -0.3 is 20.7 Å². The van der Waals surface area contributed by atoms with Gasteiger partial charge >= 0.3 is 0 Å². The molecule has 0 bridgehead atoms. The first-order chi connectivity index (χ1) is 10.2. The van der Waals surface area contributed by atoms with Gasteiger partial charge in [-0.25, -0.2) is 4.39 Å². The van der Waals surface area contributed by atoms with E-state index in [1.54, 1.807) is 0 Å². The molecule has 0 aromatic heterocycles. The van der Waals surface area contributed by atoms with Gasteiger partial charge in [-0.3, -0.25) is 9.59 Å². The predicted molar refractivity (Wildman–Crippen MR) is 81.6 cm³/mol. The average molecular weight is 332 g/mol. The maximum Gasteiger partial charge on any atom is 0.251 e. The molecule has 0 aliphatic carbocycles. The second-order valence-corrected chi connectivity index (χ2v) is 4.64. The predicted octanol–water partition coefficient (Wildman–Crippen LogP) is 0.0819. The maximum atomic E-state index is 12.7. The summed E-state index contributed by atoms with van der Waals surface area (Å²) in [6, 6.07) is 4.93. The van der Waals surface area contributed by atoms with Crippen molar-refractivity contribution in [3.63, 3.8) is 0 Å². The molecule has 2 amide bonds. The summed E-state index contributed by atoms with van der Waals surface area (Å²) < 4.78 is 17.9. The van der Waals surface area contributed by atoms with E-state index in [0.717, 1.165) is 0 Å². The molecule has 8 heteroatoms. The van der Waals surface area contributed by atoms with Gasteiger partial charge in [-0.1, -0.05) is 0 Å². The second kappa shape index (κ2) is 9.34. The number of nitrogens with one attached hydrogen (secondary N) is 3. The Morgan fingerprint density at radius 1 is 1.23 bits per heavy atom. The van der Waals surface area contributed by atoms with E-state index in [-0.39, 0.29) is 36.1 Å². The smallest absolute Gasteiger partial charge is 0.251 e. The summed E-state index contributed by atoms with van der Waals surface area (Å²) in [5.41, 5.74) is 0.380. The molecule has 1 saturated heterocycles. The summed E-state index contributed by atoms with van der Waals surface area (Å²) >= 11 is 0. The van der Waals surface area contributed by atoms with Crippen LogP contribution in [0.15, 0.2) is 24.3 Å². The fraction of sp³-hybridized carbons (Fsp3) is 0.429. The zero-order valence-corrected chi connectivity index (χ0v) is 12.7. The normalized spacial score (nSPS) is 17.2. The molecule has 1 aromatic rings. The summed E-state index contributed by atoms with van der Waals surface area (Å²) in [6.45, 7) is 2.24. The van der Waals surface area contributed by atoms with Crippen LogP contribution in [0.3, 0.4) is 0 Å². The monoisotopic (exact) mass is 331 g/mol. The van der Waals surface area contributed by atoms with Gasteiger partial charge in [-0.2, -0.15) is 0 Å². The molecule has 0 radical (unpaired) electrons. The summed E-state index contributed by atoms with van der Waals surface area (Å²) in [5.74, 6) is -0.838. The highest BCUT2D eigenvalue weighted by molar-refractivity contribution is 5.94. The lowest BCUT2D eigenvalue weighted by Crippen LogP contribution is -2.52. The Morgan fingerprint density at radius 2 is 1.91 bits per heavy atom. The molecule has 3 N–H and O–H groups in total. The quantitative estimate of drug-likeness (QED) is 0.668. The van der Waals surface area contributed by atoms with Gasteiger partial charge in [-0.15, -0.1) is 12.4 Å². The first-order valence-corrected chi connectivity index (χ1v) is 6.79. The highest BCUT2D eigenvalue weighted by atomic mass is 35.5. The number of carbonyl (C=O) groups is 2. The van der Waals surface area contributed by atoms with Crippen LogP contribution in [0, 0.1) is 5.82 Å². The molecule has 2 rings (SSSR count). The van der Waals surface area contributed by atoms with Crippen LogP contribution in [0.5, 0.6) is 0 Å². The molecule has 1 heterocycles. The number of ether oxygens (including phenoxy) is 1. The van der Waals surface area contributed by atoms with E-state index in [0.29, 0.717) is 38.4 Å². The SMILES string of the molecule is Cl.O=C(NCCNC(=O)C1COCCN1)c1ccc(F)cc1. The molecular weight excluding hydrogens is 313 g/mol. The minimum atomic E-state index is -0.388. The van der Waals surface area contributed by atoms with Crippen LogP contribution in [0.1, 0.15) is 10.4 Å². The molecule has 0 spiro atoms. The molecule has 1 aliphatic rings. The van der Waals surface area contributed by atoms with Crippen LogP contribution in [0.25, 0.3) is 0 Å². The van der Waals surface area contributed by atoms with E-state index >= 15 is 0 Å². The van der Waals surface area contributed by atoms with Gasteiger partial charge in [0, 0.05) is 25.2 Å². The van der Waals surface area contributed by atoms with Crippen molar-refractivity contribution in [3.05, 3.63) is 35.6 Å². The molecule has 1 aromatic carbocycles. The fourth-order valence-electron chi connectivity index (χ4n) is 1.92. The Hall–Kier alpha value is -1.70. The zero-order chi connectivity index (χ0) is 15.1.